The van der Waals surface area contributed by atoms with Gasteiger partial charge in [0, 0.05) is 36.1 Å². The molecule has 0 fully saturated rings. The first-order chi connectivity index (χ1) is 13.3. The van der Waals surface area contributed by atoms with Crippen LogP contribution in [0, 0.1) is 0 Å². The van der Waals surface area contributed by atoms with Gasteiger partial charge in [0.2, 0.25) is 0 Å². The van der Waals surface area contributed by atoms with Crippen molar-refractivity contribution in [2.45, 2.75) is 53.4 Å². The molecule has 0 aliphatic heterocycles. The van der Waals surface area contributed by atoms with Gasteiger partial charge in [-0.3, -0.25) is 19.2 Å². The quantitative estimate of drug-likeness (QED) is 0.494. The van der Waals surface area contributed by atoms with Crippen molar-refractivity contribution in [3.05, 3.63) is 24.3 Å². The predicted octanol–water partition coefficient (Wildman–Crippen LogP) is 0.354. The van der Waals surface area contributed by atoms with Gasteiger partial charge in [-0.1, -0.05) is 52.0 Å². The lowest BCUT2D eigenvalue weighted by atomic mass is 10.4. The van der Waals surface area contributed by atoms with E-state index < -0.39 is 42.4 Å². The van der Waals surface area contributed by atoms with E-state index in [0.717, 1.165) is 0 Å². The van der Waals surface area contributed by atoms with Crippen molar-refractivity contribution in [1.29, 1.82) is 0 Å². The van der Waals surface area contributed by atoms with Crippen LogP contribution < -0.4 is 10.4 Å². The molecule has 0 aromatic heterocycles. The monoisotopic (exact) mass is 426 g/mol. The van der Waals surface area contributed by atoms with Crippen LogP contribution in [0.1, 0.15) is 53.4 Å². The lowest BCUT2D eigenvalue weighted by Crippen LogP contribution is -2.44. The summed E-state index contributed by atoms with van der Waals surface area (Å²) in [6, 6.07) is 6.55. The van der Waals surface area contributed by atoms with Gasteiger partial charge in [-0.25, -0.2) is 0 Å². The standard InChI is InChI=1S/C18H26O8Si2/c1-5-15(19)23-27(24-16(20)6-2)13-9-11-14(12-10-13)28(25-17(21)7-3)26-18(22)8-4/h9-12,27-28H,5-8H2,1-4H3. The number of hydrogen-bond donors (Lipinski definition) is 0. The van der Waals surface area contributed by atoms with Gasteiger partial charge < -0.3 is 17.7 Å². The van der Waals surface area contributed by atoms with Gasteiger partial charge in [0.25, 0.3) is 23.9 Å². The van der Waals surface area contributed by atoms with Crippen molar-refractivity contribution < 1.29 is 36.9 Å². The average molecular weight is 427 g/mol. The number of carbonyl (C=O) groups is 4. The molecule has 10 heteroatoms. The average Bonchev–Trinajstić information content (AvgIpc) is 2.72. The summed E-state index contributed by atoms with van der Waals surface area (Å²) in [7, 11) is -5.53. The Morgan fingerprint density at radius 2 is 0.786 bits per heavy atom. The van der Waals surface area contributed by atoms with Gasteiger partial charge in [-0.2, -0.15) is 0 Å². The molecule has 0 aliphatic carbocycles. The number of rotatable bonds is 10. The number of hydrogen-bond acceptors (Lipinski definition) is 8. The first-order valence-corrected chi connectivity index (χ1v) is 12.3. The van der Waals surface area contributed by atoms with Gasteiger partial charge >= 0.3 is 18.6 Å². The summed E-state index contributed by atoms with van der Waals surface area (Å²) < 4.78 is 21.3. The van der Waals surface area contributed by atoms with Gasteiger partial charge in [0.05, 0.1) is 0 Å². The molecule has 1 rings (SSSR count). The Balaban J connectivity index is 3.06. The number of benzene rings is 1. The van der Waals surface area contributed by atoms with Crippen molar-refractivity contribution in [3.8, 4) is 0 Å². The molecule has 0 unspecified atom stereocenters. The van der Waals surface area contributed by atoms with E-state index >= 15 is 0 Å². The smallest absolute Gasteiger partial charge is 0.483 e. The Morgan fingerprint density at radius 3 is 0.964 bits per heavy atom. The highest BCUT2D eigenvalue weighted by atomic mass is 28.3. The highest BCUT2D eigenvalue weighted by molar-refractivity contribution is 6.66. The Bertz CT molecular complexity index is 594. The largest absolute Gasteiger partial charge is 0.484 e. The normalized spacial score (nSPS) is 10.5. The van der Waals surface area contributed by atoms with E-state index in [1.165, 1.54) is 0 Å². The molecule has 1 aromatic carbocycles. The third-order valence-electron chi connectivity index (χ3n) is 3.59. The minimum absolute atomic E-state index is 0.167. The molecule has 0 radical (unpaired) electrons. The second kappa shape index (κ2) is 12.1. The van der Waals surface area contributed by atoms with E-state index in [2.05, 4.69) is 0 Å². The molecule has 0 saturated carbocycles. The molecule has 0 heterocycles. The molecule has 0 bridgehead atoms. The van der Waals surface area contributed by atoms with E-state index in [0.29, 0.717) is 10.4 Å². The molecule has 1 aromatic rings. The highest BCUT2D eigenvalue weighted by Gasteiger charge is 2.28. The summed E-state index contributed by atoms with van der Waals surface area (Å²) >= 11 is 0. The van der Waals surface area contributed by atoms with Crippen LogP contribution >= 0.6 is 0 Å². The van der Waals surface area contributed by atoms with Crippen LogP contribution in [-0.4, -0.2) is 42.4 Å². The van der Waals surface area contributed by atoms with Gasteiger partial charge in [-0.05, 0) is 0 Å². The molecule has 0 aliphatic rings. The minimum atomic E-state index is -2.76. The fourth-order valence-electron chi connectivity index (χ4n) is 1.94. The second-order valence-corrected chi connectivity index (χ2v) is 9.31. The van der Waals surface area contributed by atoms with Crippen LogP contribution in [0.25, 0.3) is 0 Å². The zero-order chi connectivity index (χ0) is 21.1. The lowest BCUT2D eigenvalue weighted by molar-refractivity contribution is -0.141. The van der Waals surface area contributed by atoms with Crippen molar-refractivity contribution >= 4 is 52.8 Å². The fraction of sp³-hybridized carbons (Fsp3) is 0.444. The Morgan fingerprint density at radius 1 is 0.571 bits per heavy atom. The molecule has 154 valence electrons. The molecular weight excluding hydrogens is 400 g/mol. The maximum absolute atomic E-state index is 11.7. The van der Waals surface area contributed by atoms with Crippen molar-refractivity contribution in [2.24, 2.45) is 0 Å². The molecule has 0 spiro atoms. The first kappa shape index (κ1) is 23.6. The zero-order valence-electron chi connectivity index (χ0n) is 16.6. The topological polar surface area (TPSA) is 105 Å². The molecule has 28 heavy (non-hydrogen) atoms. The van der Waals surface area contributed by atoms with Crippen LogP contribution in [0.3, 0.4) is 0 Å². The predicted molar refractivity (Wildman–Crippen MR) is 106 cm³/mol. The third-order valence-corrected chi connectivity index (χ3v) is 7.36. The maximum Gasteiger partial charge on any atom is 0.483 e. The minimum Gasteiger partial charge on any atom is -0.484 e. The SMILES string of the molecule is CCC(=O)O[SiH](OC(=O)CC)c1ccc([SiH](OC(=O)CC)OC(=O)CC)cc1. The van der Waals surface area contributed by atoms with Crippen LogP contribution in [0.4, 0.5) is 0 Å². The van der Waals surface area contributed by atoms with Gasteiger partial charge in [-0.15, -0.1) is 0 Å². The lowest BCUT2D eigenvalue weighted by Gasteiger charge is -2.18. The van der Waals surface area contributed by atoms with Crippen LogP contribution in [-0.2, 0) is 36.9 Å². The van der Waals surface area contributed by atoms with E-state index in [9.17, 15) is 19.2 Å². The molecule has 0 N–H and O–H groups in total. The van der Waals surface area contributed by atoms with Gasteiger partial charge in [0.15, 0.2) is 0 Å². The van der Waals surface area contributed by atoms with E-state index in [1.54, 1.807) is 52.0 Å². The highest BCUT2D eigenvalue weighted by Crippen LogP contribution is 2.01. The third kappa shape index (κ3) is 7.65. The van der Waals surface area contributed by atoms with Crippen molar-refractivity contribution in [1.82, 2.24) is 0 Å². The first-order valence-electron chi connectivity index (χ1n) is 9.22. The van der Waals surface area contributed by atoms with Crippen LogP contribution in [0.5, 0.6) is 0 Å². The van der Waals surface area contributed by atoms with Crippen LogP contribution in [0.2, 0.25) is 0 Å². The van der Waals surface area contributed by atoms with Crippen molar-refractivity contribution in [2.75, 3.05) is 0 Å². The Labute approximate surface area is 167 Å². The molecule has 0 atom stereocenters. The fourth-order valence-corrected chi connectivity index (χ4v) is 5.22. The zero-order valence-corrected chi connectivity index (χ0v) is 18.9. The van der Waals surface area contributed by atoms with E-state index in [4.69, 9.17) is 17.7 Å². The van der Waals surface area contributed by atoms with E-state index in [-0.39, 0.29) is 25.7 Å². The summed E-state index contributed by atoms with van der Waals surface area (Å²) in [6.07, 6.45) is 0.667. The number of carbonyl (C=O) groups excluding carboxylic acids is 4. The molecule has 0 saturated heterocycles. The molecular formula is C18H26O8Si2. The summed E-state index contributed by atoms with van der Waals surface area (Å²) in [4.78, 5) is 46.6. The van der Waals surface area contributed by atoms with Crippen molar-refractivity contribution in [3.63, 3.8) is 0 Å². The Hall–Kier alpha value is -2.47. The summed E-state index contributed by atoms with van der Waals surface area (Å²) in [5, 5.41) is 1.15. The Kier molecular flexibility index (Phi) is 10.2. The van der Waals surface area contributed by atoms with E-state index in [1.807, 2.05) is 0 Å². The maximum atomic E-state index is 11.7. The molecule has 0 amide bonds. The summed E-state index contributed by atoms with van der Waals surface area (Å²) in [5.41, 5.74) is 0. The summed E-state index contributed by atoms with van der Waals surface area (Å²) in [6.45, 7) is 6.61. The second-order valence-electron chi connectivity index (χ2n) is 5.70. The van der Waals surface area contributed by atoms with Crippen LogP contribution in [0.15, 0.2) is 24.3 Å². The summed E-state index contributed by atoms with van der Waals surface area (Å²) in [5.74, 6) is -1.81. The molecule has 8 nitrogen and oxygen atoms in total. The van der Waals surface area contributed by atoms with Gasteiger partial charge in [0.1, 0.15) is 0 Å².